The lowest BCUT2D eigenvalue weighted by atomic mass is 10.3. The Morgan fingerprint density at radius 1 is 1.33 bits per heavy atom. The topological polar surface area (TPSA) is 136 Å². The molecule has 172 valence electrons. The Morgan fingerprint density at radius 2 is 2.06 bits per heavy atom. The molecule has 0 radical (unpaired) electrons. The summed E-state index contributed by atoms with van der Waals surface area (Å²) in [5.74, 6) is -0.0880. The highest BCUT2D eigenvalue weighted by Gasteiger charge is 2.26. The third-order valence-electron chi connectivity index (χ3n) is 4.74. The summed E-state index contributed by atoms with van der Waals surface area (Å²) >= 11 is 1.17. The van der Waals surface area contributed by atoms with Gasteiger partial charge in [0.1, 0.15) is 29.0 Å². The maximum absolute atomic E-state index is 12.9. The van der Waals surface area contributed by atoms with E-state index >= 15 is 0 Å². The van der Waals surface area contributed by atoms with E-state index in [0.29, 0.717) is 17.4 Å². The van der Waals surface area contributed by atoms with Crippen molar-refractivity contribution < 1.29 is 13.2 Å². The van der Waals surface area contributed by atoms with Gasteiger partial charge in [0.25, 0.3) is 0 Å². The summed E-state index contributed by atoms with van der Waals surface area (Å²) in [6, 6.07) is 10.1. The van der Waals surface area contributed by atoms with Gasteiger partial charge in [-0.3, -0.25) is 9.48 Å². The SMILES string of the molecule is C=CCn1c(CS(=O)(=O)c2ccccc2)nnc1SC(CC)C(=O)Nc1c(C#N)cnn1C. The molecule has 0 saturated heterocycles. The highest BCUT2D eigenvalue weighted by molar-refractivity contribution is 8.00. The van der Waals surface area contributed by atoms with Crippen LogP contribution in [-0.2, 0) is 34.0 Å². The second-order valence-electron chi connectivity index (χ2n) is 7.02. The van der Waals surface area contributed by atoms with Crippen LogP contribution >= 0.6 is 11.8 Å². The molecule has 2 aromatic heterocycles. The molecule has 0 aliphatic rings. The number of aromatic nitrogens is 5. The summed E-state index contributed by atoms with van der Waals surface area (Å²) in [7, 11) is -1.99. The van der Waals surface area contributed by atoms with Gasteiger partial charge in [0.2, 0.25) is 5.91 Å². The van der Waals surface area contributed by atoms with Gasteiger partial charge < -0.3 is 9.88 Å². The first kappa shape index (κ1) is 24.2. The Morgan fingerprint density at radius 3 is 2.70 bits per heavy atom. The fourth-order valence-corrected chi connectivity index (χ4v) is 5.29. The molecule has 1 aromatic carbocycles. The third kappa shape index (κ3) is 5.50. The van der Waals surface area contributed by atoms with Crippen molar-refractivity contribution in [2.75, 3.05) is 5.32 Å². The summed E-state index contributed by atoms with van der Waals surface area (Å²) in [5, 5.41) is 24.0. The number of allylic oxidation sites excluding steroid dienone is 1. The van der Waals surface area contributed by atoms with Gasteiger partial charge in [-0.15, -0.1) is 16.8 Å². The molecule has 0 aliphatic heterocycles. The van der Waals surface area contributed by atoms with Crippen molar-refractivity contribution in [3.63, 3.8) is 0 Å². The van der Waals surface area contributed by atoms with Crippen LogP contribution in [0.4, 0.5) is 5.82 Å². The molecule has 0 fully saturated rings. The highest BCUT2D eigenvalue weighted by Crippen LogP contribution is 2.27. The molecule has 1 atom stereocenters. The number of nitrogens with one attached hydrogen (secondary N) is 1. The average Bonchev–Trinajstić information content (AvgIpc) is 3.35. The molecular weight excluding hydrogens is 462 g/mol. The van der Waals surface area contributed by atoms with Crippen LogP contribution in [0, 0.1) is 11.3 Å². The molecule has 0 spiro atoms. The van der Waals surface area contributed by atoms with Crippen molar-refractivity contribution in [3.8, 4) is 6.07 Å². The third-order valence-corrected chi connectivity index (χ3v) is 7.71. The van der Waals surface area contributed by atoms with Crippen LogP contribution in [0.15, 0.2) is 59.2 Å². The largest absolute Gasteiger partial charge is 0.309 e. The number of thioether (sulfide) groups is 1. The van der Waals surface area contributed by atoms with E-state index in [1.54, 1.807) is 35.9 Å². The fourth-order valence-electron chi connectivity index (χ4n) is 3.02. The van der Waals surface area contributed by atoms with Crippen molar-refractivity contribution in [1.82, 2.24) is 24.5 Å². The Hall–Kier alpha value is -3.43. The van der Waals surface area contributed by atoms with E-state index in [9.17, 15) is 18.5 Å². The minimum atomic E-state index is -3.62. The van der Waals surface area contributed by atoms with Crippen LogP contribution in [0.25, 0.3) is 0 Å². The van der Waals surface area contributed by atoms with Gasteiger partial charge in [0, 0.05) is 13.6 Å². The second-order valence-corrected chi connectivity index (χ2v) is 10.2. The molecular formula is C21H23N7O3S2. The number of sulfone groups is 1. The Kier molecular flexibility index (Phi) is 7.67. The number of hydrogen-bond donors (Lipinski definition) is 1. The standard InChI is InChI=1S/C21H23N7O3S2/c1-4-11-28-18(14-33(30,31)16-9-7-6-8-10-16)25-26-21(28)32-17(5-2)20(29)24-19-15(12-22)13-23-27(19)3/h4,6-10,13,17H,1,5,11,14H2,2-3H3,(H,24,29). The minimum Gasteiger partial charge on any atom is -0.309 e. The van der Waals surface area contributed by atoms with Gasteiger partial charge in [0.15, 0.2) is 15.0 Å². The second kappa shape index (κ2) is 10.5. The maximum atomic E-state index is 12.9. The molecule has 0 bridgehead atoms. The zero-order valence-electron chi connectivity index (χ0n) is 18.2. The number of anilines is 1. The molecule has 0 saturated carbocycles. The van der Waals surface area contributed by atoms with E-state index in [1.807, 2.05) is 13.0 Å². The van der Waals surface area contributed by atoms with Gasteiger partial charge in [-0.05, 0) is 18.6 Å². The van der Waals surface area contributed by atoms with Crippen molar-refractivity contribution in [3.05, 3.63) is 60.6 Å². The summed E-state index contributed by atoms with van der Waals surface area (Å²) in [6.07, 6.45) is 3.46. The number of rotatable bonds is 10. The summed E-state index contributed by atoms with van der Waals surface area (Å²) in [5.41, 5.74) is 0.258. The summed E-state index contributed by atoms with van der Waals surface area (Å²) in [6.45, 7) is 5.86. The fraction of sp³-hybridized carbons (Fsp3) is 0.286. The van der Waals surface area contributed by atoms with E-state index in [0.717, 1.165) is 0 Å². The first-order valence-electron chi connectivity index (χ1n) is 10.0. The average molecular weight is 486 g/mol. The number of benzene rings is 1. The maximum Gasteiger partial charge on any atom is 0.239 e. The number of amides is 1. The number of carbonyl (C=O) groups excluding carboxylic acids is 1. The first-order chi connectivity index (χ1) is 15.8. The Balaban J connectivity index is 1.83. The molecule has 10 nitrogen and oxygen atoms in total. The smallest absolute Gasteiger partial charge is 0.239 e. The van der Waals surface area contributed by atoms with Crippen molar-refractivity contribution in [1.29, 1.82) is 5.26 Å². The van der Waals surface area contributed by atoms with Crippen LogP contribution in [0.5, 0.6) is 0 Å². The van der Waals surface area contributed by atoms with E-state index in [2.05, 4.69) is 27.2 Å². The first-order valence-corrected chi connectivity index (χ1v) is 12.5. The lowest BCUT2D eigenvalue weighted by Crippen LogP contribution is -2.26. The van der Waals surface area contributed by atoms with Gasteiger partial charge in [-0.2, -0.15) is 10.4 Å². The zero-order chi connectivity index (χ0) is 24.0. The number of carbonyl (C=O) groups is 1. The quantitative estimate of drug-likeness (QED) is 0.342. The summed E-state index contributed by atoms with van der Waals surface area (Å²) in [4.78, 5) is 13.1. The Labute approximate surface area is 196 Å². The van der Waals surface area contributed by atoms with Gasteiger partial charge in [-0.1, -0.05) is 43.0 Å². The zero-order valence-corrected chi connectivity index (χ0v) is 19.8. The van der Waals surface area contributed by atoms with E-state index in [4.69, 9.17) is 0 Å². The molecule has 2 heterocycles. The van der Waals surface area contributed by atoms with E-state index in [-0.39, 0.29) is 34.5 Å². The van der Waals surface area contributed by atoms with E-state index < -0.39 is 15.1 Å². The number of hydrogen-bond acceptors (Lipinski definition) is 8. The Bertz CT molecular complexity index is 1290. The molecule has 3 rings (SSSR count). The molecule has 1 N–H and O–H groups in total. The van der Waals surface area contributed by atoms with Gasteiger partial charge in [0.05, 0.1) is 16.3 Å². The van der Waals surface area contributed by atoms with E-state index in [1.165, 1.54) is 34.8 Å². The lowest BCUT2D eigenvalue weighted by molar-refractivity contribution is -0.115. The monoisotopic (exact) mass is 485 g/mol. The lowest BCUT2D eigenvalue weighted by Gasteiger charge is -2.15. The van der Waals surface area contributed by atoms with Crippen LogP contribution in [0.1, 0.15) is 24.7 Å². The molecule has 0 aliphatic carbocycles. The number of aryl methyl sites for hydroxylation is 1. The molecule has 3 aromatic rings. The molecule has 1 amide bonds. The van der Waals surface area contributed by atoms with Crippen LogP contribution in [0.2, 0.25) is 0 Å². The van der Waals surface area contributed by atoms with Crippen LogP contribution < -0.4 is 5.32 Å². The number of nitriles is 1. The van der Waals surface area contributed by atoms with Gasteiger partial charge in [-0.25, -0.2) is 8.42 Å². The van der Waals surface area contributed by atoms with Crippen LogP contribution in [-0.4, -0.2) is 44.1 Å². The predicted octanol–water partition coefficient (Wildman–Crippen LogP) is 2.55. The number of nitrogens with zero attached hydrogens (tertiary/aromatic N) is 6. The summed E-state index contributed by atoms with van der Waals surface area (Å²) < 4.78 is 28.7. The normalized spacial score (nSPS) is 12.2. The van der Waals surface area contributed by atoms with Crippen molar-refractivity contribution in [2.24, 2.45) is 7.05 Å². The van der Waals surface area contributed by atoms with Crippen molar-refractivity contribution >= 4 is 33.3 Å². The predicted molar refractivity (Wildman–Crippen MR) is 124 cm³/mol. The van der Waals surface area contributed by atoms with Crippen LogP contribution in [0.3, 0.4) is 0 Å². The highest BCUT2D eigenvalue weighted by atomic mass is 32.2. The molecule has 12 heteroatoms. The van der Waals surface area contributed by atoms with Gasteiger partial charge >= 0.3 is 0 Å². The molecule has 33 heavy (non-hydrogen) atoms. The minimum absolute atomic E-state index is 0.197. The molecule has 1 unspecified atom stereocenters. The van der Waals surface area contributed by atoms with Crippen molar-refractivity contribution in [2.45, 2.75) is 40.9 Å².